The number of nitrogens with zero attached hydrogens (tertiary/aromatic N) is 1. The number of aliphatic hydroxyl groups is 1. The molecule has 0 bridgehead atoms. The van der Waals surface area contributed by atoms with Gasteiger partial charge in [-0.1, -0.05) is 6.07 Å². The molecular formula is C11H17NO2. The van der Waals surface area contributed by atoms with E-state index in [2.05, 4.69) is 4.98 Å². The van der Waals surface area contributed by atoms with Crippen molar-refractivity contribution in [2.75, 3.05) is 13.2 Å². The van der Waals surface area contributed by atoms with Crippen LogP contribution in [0.25, 0.3) is 0 Å². The zero-order valence-electron chi connectivity index (χ0n) is 8.52. The summed E-state index contributed by atoms with van der Waals surface area (Å²) in [5, 5.41) is 9.61. The summed E-state index contributed by atoms with van der Waals surface area (Å²) in [5.41, 5.74) is 0.927. The summed E-state index contributed by atoms with van der Waals surface area (Å²) >= 11 is 0. The topological polar surface area (TPSA) is 42.4 Å². The quantitative estimate of drug-likeness (QED) is 0.698. The number of hydrogen-bond acceptors (Lipinski definition) is 3. The summed E-state index contributed by atoms with van der Waals surface area (Å²) in [6.07, 6.45) is 2.67. The smallest absolute Gasteiger partial charge is 0.0617 e. The van der Waals surface area contributed by atoms with E-state index in [0.29, 0.717) is 26.1 Å². The SMILES string of the molecule is CCOCCC(O)Cc1ccccn1. The summed E-state index contributed by atoms with van der Waals surface area (Å²) in [6, 6.07) is 5.72. The number of rotatable bonds is 6. The second kappa shape index (κ2) is 6.51. The second-order valence-electron chi connectivity index (χ2n) is 3.16. The van der Waals surface area contributed by atoms with Gasteiger partial charge in [-0.3, -0.25) is 4.98 Å². The van der Waals surface area contributed by atoms with Crippen LogP contribution < -0.4 is 0 Å². The number of aliphatic hydroxyl groups excluding tert-OH is 1. The normalized spacial score (nSPS) is 12.7. The molecule has 0 spiro atoms. The van der Waals surface area contributed by atoms with E-state index in [0.717, 1.165) is 5.69 Å². The van der Waals surface area contributed by atoms with Crippen molar-refractivity contribution in [3.8, 4) is 0 Å². The predicted molar refractivity (Wildman–Crippen MR) is 55.1 cm³/mol. The molecule has 78 valence electrons. The van der Waals surface area contributed by atoms with Gasteiger partial charge in [-0.25, -0.2) is 0 Å². The molecule has 0 radical (unpaired) electrons. The first-order chi connectivity index (χ1) is 6.83. The zero-order chi connectivity index (χ0) is 10.2. The molecule has 0 fully saturated rings. The fourth-order valence-electron chi connectivity index (χ4n) is 1.23. The molecule has 0 aromatic carbocycles. The van der Waals surface area contributed by atoms with Crippen LogP contribution in [0.1, 0.15) is 19.0 Å². The van der Waals surface area contributed by atoms with Gasteiger partial charge >= 0.3 is 0 Å². The minimum atomic E-state index is -0.351. The Kier molecular flexibility index (Phi) is 5.19. The van der Waals surface area contributed by atoms with Crippen LogP contribution in [-0.4, -0.2) is 29.4 Å². The van der Waals surface area contributed by atoms with Crippen molar-refractivity contribution in [3.63, 3.8) is 0 Å². The van der Waals surface area contributed by atoms with Gasteiger partial charge in [0.15, 0.2) is 0 Å². The zero-order valence-corrected chi connectivity index (χ0v) is 8.52. The summed E-state index contributed by atoms with van der Waals surface area (Å²) in [7, 11) is 0. The minimum Gasteiger partial charge on any atom is -0.393 e. The van der Waals surface area contributed by atoms with Crippen LogP contribution in [0.15, 0.2) is 24.4 Å². The van der Waals surface area contributed by atoms with Gasteiger partial charge in [0.2, 0.25) is 0 Å². The second-order valence-corrected chi connectivity index (χ2v) is 3.16. The van der Waals surface area contributed by atoms with Crippen LogP contribution in [0, 0.1) is 0 Å². The van der Waals surface area contributed by atoms with E-state index in [-0.39, 0.29) is 6.10 Å². The highest BCUT2D eigenvalue weighted by Gasteiger charge is 2.05. The van der Waals surface area contributed by atoms with E-state index in [4.69, 9.17) is 4.74 Å². The number of ether oxygens (including phenoxy) is 1. The molecule has 1 unspecified atom stereocenters. The Morgan fingerprint density at radius 2 is 2.36 bits per heavy atom. The molecule has 1 heterocycles. The maximum absolute atomic E-state index is 9.61. The highest BCUT2D eigenvalue weighted by atomic mass is 16.5. The molecule has 0 saturated heterocycles. The molecule has 1 aromatic heterocycles. The number of hydrogen-bond donors (Lipinski definition) is 1. The first-order valence-electron chi connectivity index (χ1n) is 4.98. The molecule has 1 aromatic rings. The lowest BCUT2D eigenvalue weighted by atomic mass is 10.1. The third-order valence-corrected chi connectivity index (χ3v) is 1.97. The molecule has 1 N–H and O–H groups in total. The molecule has 1 rings (SSSR count). The molecule has 0 amide bonds. The van der Waals surface area contributed by atoms with Crippen LogP contribution in [0.3, 0.4) is 0 Å². The largest absolute Gasteiger partial charge is 0.393 e. The lowest BCUT2D eigenvalue weighted by Crippen LogP contribution is -2.14. The van der Waals surface area contributed by atoms with Crippen molar-refractivity contribution >= 4 is 0 Å². The first-order valence-corrected chi connectivity index (χ1v) is 4.98. The highest BCUT2D eigenvalue weighted by molar-refractivity contribution is 5.04. The maximum atomic E-state index is 9.61. The van der Waals surface area contributed by atoms with Crippen molar-refractivity contribution in [3.05, 3.63) is 30.1 Å². The van der Waals surface area contributed by atoms with Gasteiger partial charge in [-0.2, -0.15) is 0 Å². The molecule has 14 heavy (non-hydrogen) atoms. The average Bonchev–Trinajstić information content (AvgIpc) is 2.20. The van der Waals surface area contributed by atoms with E-state index < -0.39 is 0 Å². The first kappa shape index (κ1) is 11.1. The fraction of sp³-hybridized carbons (Fsp3) is 0.545. The van der Waals surface area contributed by atoms with Crippen LogP contribution in [-0.2, 0) is 11.2 Å². The third kappa shape index (κ3) is 4.35. The molecule has 0 saturated carbocycles. The van der Waals surface area contributed by atoms with Gasteiger partial charge in [0, 0.05) is 31.5 Å². The summed E-state index contributed by atoms with van der Waals surface area (Å²) < 4.78 is 5.16. The molecule has 0 aliphatic rings. The predicted octanol–water partition coefficient (Wildman–Crippen LogP) is 1.41. The number of aromatic nitrogens is 1. The standard InChI is InChI=1S/C11H17NO2/c1-2-14-8-6-11(13)9-10-5-3-4-7-12-10/h3-5,7,11,13H,2,6,8-9H2,1H3. The highest BCUT2D eigenvalue weighted by Crippen LogP contribution is 2.02. The summed E-state index contributed by atoms with van der Waals surface area (Å²) in [5.74, 6) is 0. The van der Waals surface area contributed by atoms with Gasteiger partial charge in [0.1, 0.15) is 0 Å². The van der Waals surface area contributed by atoms with Crippen molar-refractivity contribution in [2.45, 2.75) is 25.9 Å². The Balaban J connectivity index is 2.23. The minimum absolute atomic E-state index is 0.351. The van der Waals surface area contributed by atoms with Gasteiger partial charge in [-0.05, 0) is 25.5 Å². The molecular weight excluding hydrogens is 178 g/mol. The van der Waals surface area contributed by atoms with E-state index in [1.54, 1.807) is 6.20 Å². The van der Waals surface area contributed by atoms with Crippen molar-refractivity contribution in [1.82, 2.24) is 4.98 Å². The molecule has 1 atom stereocenters. The molecule has 0 aliphatic heterocycles. The Bertz CT molecular complexity index is 238. The van der Waals surface area contributed by atoms with E-state index in [1.165, 1.54) is 0 Å². The Morgan fingerprint density at radius 1 is 1.50 bits per heavy atom. The van der Waals surface area contributed by atoms with E-state index in [1.807, 2.05) is 25.1 Å². The lowest BCUT2D eigenvalue weighted by Gasteiger charge is -2.09. The fourth-order valence-corrected chi connectivity index (χ4v) is 1.23. The molecule has 3 nitrogen and oxygen atoms in total. The van der Waals surface area contributed by atoms with Gasteiger partial charge in [0.05, 0.1) is 6.10 Å². The van der Waals surface area contributed by atoms with Gasteiger partial charge < -0.3 is 9.84 Å². The lowest BCUT2D eigenvalue weighted by molar-refractivity contribution is 0.0883. The number of pyridine rings is 1. The van der Waals surface area contributed by atoms with Crippen molar-refractivity contribution < 1.29 is 9.84 Å². The third-order valence-electron chi connectivity index (χ3n) is 1.97. The van der Waals surface area contributed by atoms with Crippen LogP contribution in [0.2, 0.25) is 0 Å². The van der Waals surface area contributed by atoms with Crippen molar-refractivity contribution in [1.29, 1.82) is 0 Å². The maximum Gasteiger partial charge on any atom is 0.0617 e. The van der Waals surface area contributed by atoms with Crippen LogP contribution in [0.5, 0.6) is 0 Å². The van der Waals surface area contributed by atoms with Crippen LogP contribution >= 0.6 is 0 Å². The average molecular weight is 195 g/mol. The van der Waals surface area contributed by atoms with E-state index in [9.17, 15) is 5.11 Å². The van der Waals surface area contributed by atoms with Crippen LogP contribution in [0.4, 0.5) is 0 Å². The van der Waals surface area contributed by atoms with Crippen molar-refractivity contribution in [2.24, 2.45) is 0 Å². The Labute approximate surface area is 84.7 Å². The molecule has 3 heteroatoms. The Morgan fingerprint density at radius 3 is 3.00 bits per heavy atom. The van der Waals surface area contributed by atoms with Gasteiger partial charge in [0.25, 0.3) is 0 Å². The summed E-state index contributed by atoms with van der Waals surface area (Å²) in [6.45, 7) is 3.27. The van der Waals surface area contributed by atoms with E-state index >= 15 is 0 Å². The Hall–Kier alpha value is -0.930. The van der Waals surface area contributed by atoms with Gasteiger partial charge in [-0.15, -0.1) is 0 Å². The summed E-state index contributed by atoms with van der Waals surface area (Å²) in [4.78, 5) is 4.15. The monoisotopic (exact) mass is 195 g/mol. The molecule has 0 aliphatic carbocycles.